The van der Waals surface area contributed by atoms with Gasteiger partial charge in [-0.05, 0) is 32.0 Å². The Kier molecular flexibility index (Phi) is 4.12. The lowest BCUT2D eigenvalue weighted by Gasteiger charge is -2.36. The van der Waals surface area contributed by atoms with Crippen molar-refractivity contribution in [3.05, 3.63) is 52.3 Å². The topological polar surface area (TPSA) is 58.2 Å². The zero-order valence-electron chi connectivity index (χ0n) is 12.9. The Labute approximate surface area is 132 Å². The van der Waals surface area contributed by atoms with Crippen LogP contribution in [0, 0.1) is 25.5 Å². The van der Waals surface area contributed by atoms with Crippen molar-refractivity contribution in [2.45, 2.75) is 19.9 Å². The molecule has 0 unspecified atom stereocenters. The summed E-state index contributed by atoms with van der Waals surface area (Å²) in [6.45, 7) is 4.86. The number of aromatic amines is 1. The van der Waals surface area contributed by atoms with Gasteiger partial charge in [-0.15, -0.1) is 0 Å². The van der Waals surface area contributed by atoms with Crippen LogP contribution in [-0.2, 0) is 4.74 Å². The Morgan fingerprint density at radius 2 is 2.13 bits per heavy atom. The molecule has 2 aromatic rings. The van der Waals surface area contributed by atoms with Gasteiger partial charge in [-0.1, -0.05) is 0 Å². The molecule has 5 nitrogen and oxygen atoms in total. The number of ether oxygens (including phenoxy) is 1. The van der Waals surface area contributed by atoms with E-state index in [0.29, 0.717) is 19.8 Å². The number of amides is 1. The van der Waals surface area contributed by atoms with Gasteiger partial charge in [0.15, 0.2) is 11.6 Å². The maximum absolute atomic E-state index is 13.4. The lowest BCUT2D eigenvalue weighted by molar-refractivity contribution is -0.00304. The number of carbonyl (C=O) groups is 1. The molecule has 0 bridgehead atoms. The number of nitrogens with one attached hydrogen (secondary N) is 1. The molecule has 23 heavy (non-hydrogen) atoms. The number of morpholine rings is 1. The smallest absolute Gasteiger partial charge is 0.254 e. The number of carbonyl (C=O) groups excluding carboxylic acids is 1. The Balaban J connectivity index is 1.95. The molecule has 1 aromatic carbocycles. The molecule has 1 aromatic heterocycles. The number of halogens is 2. The van der Waals surface area contributed by atoms with Crippen molar-refractivity contribution in [3.8, 4) is 0 Å². The van der Waals surface area contributed by atoms with E-state index >= 15 is 0 Å². The van der Waals surface area contributed by atoms with Gasteiger partial charge < -0.3 is 9.64 Å². The first kappa shape index (κ1) is 15.6. The molecular weight excluding hydrogens is 304 g/mol. The van der Waals surface area contributed by atoms with Crippen LogP contribution in [0.3, 0.4) is 0 Å². The number of aromatic nitrogens is 2. The highest BCUT2D eigenvalue weighted by atomic mass is 19.2. The fraction of sp³-hybridized carbons (Fsp3) is 0.375. The van der Waals surface area contributed by atoms with Gasteiger partial charge in [0.2, 0.25) is 0 Å². The van der Waals surface area contributed by atoms with Crippen molar-refractivity contribution >= 4 is 5.91 Å². The fourth-order valence-corrected chi connectivity index (χ4v) is 2.93. The predicted molar refractivity (Wildman–Crippen MR) is 79.0 cm³/mol. The number of hydrogen-bond donors (Lipinski definition) is 1. The predicted octanol–water partition coefficient (Wildman–Crippen LogP) is 2.52. The highest BCUT2D eigenvalue weighted by Crippen LogP contribution is 2.29. The number of H-pyrrole nitrogens is 1. The van der Waals surface area contributed by atoms with E-state index in [9.17, 15) is 13.6 Å². The fourth-order valence-electron chi connectivity index (χ4n) is 2.93. The van der Waals surface area contributed by atoms with Crippen LogP contribution in [0.4, 0.5) is 8.78 Å². The summed E-state index contributed by atoms with van der Waals surface area (Å²) in [7, 11) is 0. The molecule has 1 N–H and O–H groups in total. The Bertz CT molecular complexity index is 725. The van der Waals surface area contributed by atoms with Crippen LogP contribution in [0.25, 0.3) is 0 Å². The van der Waals surface area contributed by atoms with Crippen LogP contribution in [0.1, 0.15) is 33.4 Å². The molecule has 122 valence electrons. The van der Waals surface area contributed by atoms with Gasteiger partial charge in [-0.3, -0.25) is 9.89 Å². The lowest BCUT2D eigenvalue weighted by atomic mass is 10.0. The summed E-state index contributed by atoms with van der Waals surface area (Å²) in [6, 6.07) is 2.89. The molecule has 0 saturated carbocycles. The zero-order chi connectivity index (χ0) is 16.6. The normalized spacial score (nSPS) is 18.3. The van der Waals surface area contributed by atoms with Crippen LogP contribution in [0.15, 0.2) is 18.2 Å². The molecule has 0 aliphatic carbocycles. The van der Waals surface area contributed by atoms with E-state index in [2.05, 4.69) is 10.2 Å². The van der Waals surface area contributed by atoms with Crippen molar-refractivity contribution in [2.75, 3.05) is 19.8 Å². The molecule has 7 heteroatoms. The largest absolute Gasteiger partial charge is 0.377 e. The summed E-state index contributed by atoms with van der Waals surface area (Å²) >= 11 is 0. The van der Waals surface area contributed by atoms with Crippen LogP contribution >= 0.6 is 0 Å². The van der Waals surface area contributed by atoms with Crippen molar-refractivity contribution in [3.63, 3.8) is 0 Å². The molecular formula is C16H17F2N3O2. The van der Waals surface area contributed by atoms with Gasteiger partial charge in [0.05, 0.1) is 24.9 Å². The number of nitrogens with zero attached hydrogens (tertiary/aromatic N) is 2. The Hall–Kier alpha value is -2.28. The highest BCUT2D eigenvalue weighted by Gasteiger charge is 2.32. The first-order valence-corrected chi connectivity index (χ1v) is 7.34. The van der Waals surface area contributed by atoms with Crippen LogP contribution in [0.2, 0.25) is 0 Å². The quantitative estimate of drug-likeness (QED) is 0.925. The van der Waals surface area contributed by atoms with E-state index in [0.717, 1.165) is 29.1 Å². The van der Waals surface area contributed by atoms with Gasteiger partial charge >= 0.3 is 0 Å². The number of benzene rings is 1. The third kappa shape index (κ3) is 2.84. The molecule has 1 atom stereocenters. The van der Waals surface area contributed by atoms with E-state index < -0.39 is 11.6 Å². The SMILES string of the molecule is Cc1n[nH]c(C)c1[C@@H]1COCCN1C(=O)c1ccc(F)c(F)c1. The van der Waals surface area contributed by atoms with E-state index in [4.69, 9.17) is 4.74 Å². The average molecular weight is 321 g/mol. The van der Waals surface area contributed by atoms with Gasteiger partial charge in [-0.2, -0.15) is 5.10 Å². The Morgan fingerprint density at radius 1 is 1.35 bits per heavy atom. The van der Waals surface area contributed by atoms with Gasteiger partial charge in [0.25, 0.3) is 5.91 Å². The second-order valence-electron chi connectivity index (χ2n) is 5.57. The third-order valence-corrected chi connectivity index (χ3v) is 4.07. The maximum Gasteiger partial charge on any atom is 0.254 e. The monoisotopic (exact) mass is 321 g/mol. The van der Waals surface area contributed by atoms with Crippen LogP contribution in [-0.4, -0.2) is 40.8 Å². The molecule has 0 spiro atoms. The van der Waals surface area contributed by atoms with E-state index in [-0.39, 0.29) is 17.5 Å². The van der Waals surface area contributed by atoms with Crippen molar-refractivity contribution < 1.29 is 18.3 Å². The van der Waals surface area contributed by atoms with E-state index in [1.54, 1.807) is 4.90 Å². The lowest BCUT2D eigenvalue weighted by Crippen LogP contribution is -2.43. The summed E-state index contributed by atoms with van der Waals surface area (Å²) < 4.78 is 32.0. The average Bonchev–Trinajstić information content (AvgIpc) is 2.88. The third-order valence-electron chi connectivity index (χ3n) is 4.07. The minimum atomic E-state index is -1.03. The molecule has 1 fully saturated rings. The summed E-state index contributed by atoms with van der Waals surface area (Å²) in [6.07, 6.45) is 0. The van der Waals surface area contributed by atoms with E-state index in [1.165, 1.54) is 6.07 Å². The van der Waals surface area contributed by atoms with Crippen molar-refractivity contribution in [1.82, 2.24) is 15.1 Å². The van der Waals surface area contributed by atoms with Crippen molar-refractivity contribution in [1.29, 1.82) is 0 Å². The van der Waals surface area contributed by atoms with Gasteiger partial charge in [0.1, 0.15) is 0 Å². The Morgan fingerprint density at radius 3 is 2.78 bits per heavy atom. The molecule has 3 rings (SSSR count). The minimum absolute atomic E-state index is 0.120. The molecule has 1 aliphatic rings. The molecule has 2 heterocycles. The molecule has 1 saturated heterocycles. The minimum Gasteiger partial charge on any atom is -0.377 e. The first-order valence-electron chi connectivity index (χ1n) is 7.34. The second kappa shape index (κ2) is 6.08. The van der Waals surface area contributed by atoms with E-state index in [1.807, 2.05) is 13.8 Å². The first-order chi connectivity index (χ1) is 11.0. The number of hydrogen-bond acceptors (Lipinski definition) is 3. The van der Waals surface area contributed by atoms with Gasteiger partial charge in [-0.25, -0.2) is 8.78 Å². The van der Waals surface area contributed by atoms with Crippen LogP contribution in [0.5, 0.6) is 0 Å². The number of rotatable bonds is 2. The van der Waals surface area contributed by atoms with Crippen LogP contribution < -0.4 is 0 Å². The zero-order valence-corrected chi connectivity index (χ0v) is 12.9. The number of aryl methyl sites for hydroxylation is 2. The van der Waals surface area contributed by atoms with Gasteiger partial charge in [0, 0.05) is 23.4 Å². The molecule has 1 amide bonds. The highest BCUT2D eigenvalue weighted by molar-refractivity contribution is 5.94. The van der Waals surface area contributed by atoms with Crippen molar-refractivity contribution in [2.24, 2.45) is 0 Å². The maximum atomic E-state index is 13.4. The standard InChI is InChI=1S/C16H17F2N3O2/c1-9-15(10(2)20-19-9)14-8-23-6-5-21(14)16(22)11-3-4-12(17)13(18)7-11/h3-4,7,14H,5-6,8H2,1-2H3,(H,19,20)/t14-/m0/s1. The molecule has 1 aliphatic heterocycles. The summed E-state index contributed by atoms with van der Waals surface area (Å²) in [5.41, 5.74) is 2.68. The molecule has 0 radical (unpaired) electrons. The summed E-state index contributed by atoms with van der Waals surface area (Å²) in [4.78, 5) is 14.4. The summed E-state index contributed by atoms with van der Waals surface area (Å²) in [5.74, 6) is -2.35. The second-order valence-corrected chi connectivity index (χ2v) is 5.57. The summed E-state index contributed by atoms with van der Waals surface area (Å²) in [5, 5.41) is 7.05.